The van der Waals surface area contributed by atoms with Gasteiger partial charge in [0.1, 0.15) is 10.0 Å². The predicted octanol–water partition coefficient (Wildman–Crippen LogP) is 1.83. The van der Waals surface area contributed by atoms with Crippen molar-refractivity contribution in [3.05, 3.63) is 26.7 Å². The quantitative estimate of drug-likeness (QED) is 0.487. The van der Waals surface area contributed by atoms with Crippen molar-refractivity contribution in [2.45, 2.75) is 50.6 Å². The van der Waals surface area contributed by atoms with E-state index in [4.69, 9.17) is 0 Å². The highest BCUT2D eigenvalue weighted by atomic mass is 32.2. The van der Waals surface area contributed by atoms with Gasteiger partial charge in [0.05, 0.1) is 5.75 Å². The minimum Gasteiger partial charge on any atom is -0.309 e. The van der Waals surface area contributed by atoms with Gasteiger partial charge in [-0.25, -0.2) is 4.79 Å². The summed E-state index contributed by atoms with van der Waals surface area (Å²) in [6.07, 6.45) is 4.55. The van der Waals surface area contributed by atoms with Crippen LogP contribution in [0.5, 0.6) is 0 Å². The van der Waals surface area contributed by atoms with E-state index in [2.05, 4.69) is 25.4 Å². The molecule has 0 atom stereocenters. The number of nitrogens with zero attached hydrogens (tertiary/aromatic N) is 5. The molecule has 3 rings (SSSR count). The van der Waals surface area contributed by atoms with Crippen molar-refractivity contribution in [1.82, 2.24) is 24.6 Å². The molecule has 0 aliphatic heterocycles. The third-order valence-corrected chi connectivity index (χ3v) is 6.54. The van der Waals surface area contributed by atoms with Crippen LogP contribution in [0, 0.1) is 0 Å². The van der Waals surface area contributed by atoms with Gasteiger partial charge in [-0.05, 0) is 52.7 Å². The van der Waals surface area contributed by atoms with Gasteiger partial charge in [-0.1, -0.05) is 30.0 Å². The molecule has 0 saturated heterocycles. The average Bonchev–Trinajstić information content (AvgIpc) is 3.31. The maximum absolute atomic E-state index is 12.6. The van der Waals surface area contributed by atoms with Crippen LogP contribution in [0.1, 0.15) is 36.0 Å². The number of hydrogen-bond donors (Lipinski definition) is 1. The first-order valence-electron chi connectivity index (χ1n) is 9.50. The Hall–Kier alpha value is -1.78. The van der Waals surface area contributed by atoms with E-state index in [1.54, 1.807) is 0 Å². The van der Waals surface area contributed by atoms with Crippen LogP contribution in [0.4, 0.5) is 5.13 Å². The van der Waals surface area contributed by atoms with Gasteiger partial charge in [-0.15, -0.1) is 10.2 Å². The molecule has 1 aliphatic carbocycles. The zero-order valence-corrected chi connectivity index (χ0v) is 18.2. The summed E-state index contributed by atoms with van der Waals surface area (Å²) in [6, 6.07) is 0. The Morgan fingerprint density at radius 1 is 1.32 bits per heavy atom. The Kier molecular flexibility index (Phi) is 7.19. The molecule has 0 fully saturated rings. The summed E-state index contributed by atoms with van der Waals surface area (Å²) in [5.41, 5.74) is 2.02. The van der Waals surface area contributed by atoms with Crippen molar-refractivity contribution in [2.75, 3.05) is 31.7 Å². The number of hydrogen-bond acceptors (Lipinski definition) is 8. The Morgan fingerprint density at radius 3 is 2.86 bits per heavy atom. The Labute approximate surface area is 172 Å². The van der Waals surface area contributed by atoms with E-state index in [0.29, 0.717) is 16.7 Å². The van der Waals surface area contributed by atoms with Crippen LogP contribution in [0.3, 0.4) is 0 Å². The van der Waals surface area contributed by atoms with Gasteiger partial charge in [0.2, 0.25) is 11.0 Å². The molecular weight excluding hydrogens is 396 g/mol. The van der Waals surface area contributed by atoms with E-state index in [-0.39, 0.29) is 17.3 Å². The van der Waals surface area contributed by atoms with Crippen molar-refractivity contribution in [2.24, 2.45) is 0 Å². The summed E-state index contributed by atoms with van der Waals surface area (Å²) >= 11 is 2.71. The first-order valence-corrected chi connectivity index (χ1v) is 11.3. The lowest BCUT2D eigenvalue weighted by Gasteiger charge is -2.15. The SMILES string of the molecule is CCc1nnc(NC(=O)CSc2nc(=O)n(CCCN(C)C)c3c2CCC3)s1. The molecule has 0 spiro atoms. The third-order valence-electron chi connectivity index (χ3n) is 4.54. The molecule has 0 radical (unpaired) electrons. The standard InChI is InChI=1S/C18H26N6O2S2/c1-4-15-21-22-17(28-15)19-14(25)11-27-16-12-7-5-8-13(12)24(18(26)20-16)10-6-9-23(2)3/h4-11H2,1-3H3,(H,19,22,25). The van der Waals surface area contributed by atoms with Crippen LogP contribution in [-0.2, 0) is 30.6 Å². The van der Waals surface area contributed by atoms with E-state index in [0.717, 1.165) is 54.9 Å². The van der Waals surface area contributed by atoms with Crippen molar-refractivity contribution in [3.63, 3.8) is 0 Å². The highest BCUT2D eigenvalue weighted by Crippen LogP contribution is 2.29. The molecule has 0 aromatic carbocycles. The first kappa shape index (κ1) is 20.9. The molecule has 0 saturated carbocycles. The molecule has 152 valence electrons. The van der Waals surface area contributed by atoms with Gasteiger partial charge in [0.25, 0.3) is 0 Å². The first-order chi connectivity index (χ1) is 13.5. The van der Waals surface area contributed by atoms with Crippen LogP contribution in [0.15, 0.2) is 9.82 Å². The zero-order chi connectivity index (χ0) is 20.1. The summed E-state index contributed by atoms with van der Waals surface area (Å²) in [5.74, 6) is 0.0393. The van der Waals surface area contributed by atoms with Crippen LogP contribution in [-0.4, -0.2) is 56.9 Å². The van der Waals surface area contributed by atoms with Crippen molar-refractivity contribution >= 4 is 34.1 Å². The second-order valence-corrected chi connectivity index (χ2v) is 9.00. The summed E-state index contributed by atoms with van der Waals surface area (Å²) < 4.78 is 1.82. The number of aryl methyl sites for hydroxylation is 1. The lowest BCUT2D eigenvalue weighted by atomic mass is 10.2. The molecule has 10 heteroatoms. The number of anilines is 1. The number of carbonyl (C=O) groups is 1. The van der Waals surface area contributed by atoms with Gasteiger partial charge in [0, 0.05) is 17.8 Å². The van der Waals surface area contributed by atoms with Crippen molar-refractivity contribution in [1.29, 1.82) is 0 Å². The van der Waals surface area contributed by atoms with Crippen LogP contribution in [0.2, 0.25) is 0 Å². The van der Waals surface area contributed by atoms with Gasteiger partial charge in [0.15, 0.2) is 0 Å². The number of amides is 1. The lowest BCUT2D eigenvalue weighted by Crippen LogP contribution is -2.29. The zero-order valence-electron chi connectivity index (χ0n) is 16.5. The molecule has 28 heavy (non-hydrogen) atoms. The predicted molar refractivity (Wildman–Crippen MR) is 112 cm³/mol. The molecular formula is C18H26N6O2S2. The minimum atomic E-state index is -0.209. The summed E-state index contributed by atoms with van der Waals surface area (Å²) in [5, 5.41) is 12.8. The number of fused-ring (bicyclic) bond motifs is 1. The number of carbonyl (C=O) groups excluding carboxylic acids is 1. The van der Waals surface area contributed by atoms with E-state index in [1.807, 2.05) is 25.6 Å². The van der Waals surface area contributed by atoms with Gasteiger partial charge >= 0.3 is 5.69 Å². The molecule has 2 aromatic heterocycles. The van der Waals surface area contributed by atoms with Crippen LogP contribution in [0.25, 0.3) is 0 Å². The van der Waals surface area contributed by atoms with Gasteiger partial charge in [-0.3, -0.25) is 14.7 Å². The Bertz CT molecular complexity index is 893. The highest BCUT2D eigenvalue weighted by Gasteiger charge is 2.22. The second kappa shape index (κ2) is 9.62. The topological polar surface area (TPSA) is 93.0 Å². The normalized spacial score (nSPS) is 13.1. The Balaban J connectivity index is 1.65. The van der Waals surface area contributed by atoms with Gasteiger partial charge in [-0.2, -0.15) is 4.98 Å². The van der Waals surface area contributed by atoms with E-state index in [9.17, 15) is 9.59 Å². The average molecular weight is 423 g/mol. The second-order valence-electron chi connectivity index (χ2n) is 6.98. The molecule has 8 nitrogen and oxygen atoms in total. The molecule has 1 amide bonds. The minimum absolute atomic E-state index is 0.160. The largest absolute Gasteiger partial charge is 0.348 e. The molecule has 1 aliphatic rings. The maximum atomic E-state index is 12.6. The van der Waals surface area contributed by atoms with E-state index in [1.165, 1.54) is 23.1 Å². The summed E-state index contributed by atoms with van der Waals surface area (Å²) in [6.45, 7) is 3.62. The lowest BCUT2D eigenvalue weighted by molar-refractivity contribution is -0.113. The van der Waals surface area contributed by atoms with E-state index < -0.39 is 0 Å². The number of nitrogens with one attached hydrogen (secondary N) is 1. The number of aromatic nitrogens is 4. The maximum Gasteiger partial charge on any atom is 0.348 e. The summed E-state index contributed by atoms with van der Waals surface area (Å²) in [4.78, 5) is 31.2. The molecule has 2 aromatic rings. The molecule has 0 bridgehead atoms. The molecule has 2 heterocycles. The number of rotatable bonds is 9. The van der Waals surface area contributed by atoms with Crippen LogP contribution >= 0.6 is 23.1 Å². The molecule has 1 N–H and O–H groups in total. The summed E-state index contributed by atoms with van der Waals surface area (Å²) in [7, 11) is 4.06. The number of thioether (sulfide) groups is 1. The Morgan fingerprint density at radius 2 is 2.14 bits per heavy atom. The smallest absolute Gasteiger partial charge is 0.309 e. The van der Waals surface area contributed by atoms with Crippen molar-refractivity contribution in [3.8, 4) is 0 Å². The highest BCUT2D eigenvalue weighted by molar-refractivity contribution is 8.00. The molecule has 0 unspecified atom stereocenters. The monoisotopic (exact) mass is 422 g/mol. The van der Waals surface area contributed by atoms with Gasteiger partial charge < -0.3 is 4.90 Å². The van der Waals surface area contributed by atoms with Crippen LogP contribution < -0.4 is 11.0 Å². The van der Waals surface area contributed by atoms with Crippen molar-refractivity contribution < 1.29 is 4.79 Å². The van der Waals surface area contributed by atoms with E-state index >= 15 is 0 Å². The fourth-order valence-electron chi connectivity index (χ4n) is 3.22. The fourth-order valence-corrected chi connectivity index (χ4v) is 4.79. The third kappa shape index (κ3) is 5.18. The fraction of sp³-hybridized carbons (Fsp3) is 0.611.